The Kier molecular flexibility index (Phi) is 3.16. The monoisotopic (exact) mass is 182 g/mol. The van der Waals surface area contributed by atoms with Crippen molar-refractivity contribution in [3.8, 4) is 0 Å². The van der Waals surface area contributed by atoms with Gasteiger partial charge in [0, 0.05) is 8.07 Å². The molecule has 0 saturated heterocycles. The Balaban J connectivity index is 2.45. The molecule has 0 N–H and O–H groups in total. The second-order valence-electron chi connectivity index (χ2n) is 5.37. The van der Waals surface area contributed by atoms with E-state index in [2.05, 4.69) is 26.2 Å². The van der Waals surface area contributed by atoms with Crippen LogP contribution >= 0.6 is 0 Å². The van der Waals surface area contributed by atoms with Gasteiger partial charge in [-0.2, -0.15) is 0 Å². The lowest BCUT2D eigenvalue weighted by Gasteiger charge is -2.29. The van der Waals surface area contributed by atoms with Gasteiger partial charge in [-0.25, -0.2) is 0 Å². The zero-order valence-corrected chi connectivity index (χ0v) is 9.82. The molecule has 0 spiro atoms. The molecule has 0 unspecified atom stereocenters. The summed E-state index contributed by atoms with van der Waals surface area (Å²) in [6, 6.07) is 1.46. The molecule has 0 nitrogen and oxygen atoms in total. The first-order chi connectivity index (χ1) is 5.49. The minimum absolute atomic E-state index is 0.847. The number of hydrogen-bond acceptors (Lipinski definition) is 0. The highest BCUT2D eigenvalue weighted by Gasteiger charge is 2.23. The van der Waals surface area contributed by atoms with E-state index in [0.717, 1.165) is 5.92 Å². The molecule has 1 heteroatoms. The minimum Gasteiger partial charge on any atom is -0.0996 e. The smallest absolute Gasteiger partial charge is 0.0448 e. The van der Waals surface area contributed by atoms with Gasteiger partial charge in [0.25, 0.3) is 0 Å². The van der Waals surface area contributed by atoms with E-state index in [1.807, 2.05) is 0 Å². The summed E-state index contributed by atoms with van der Waals surface area (Å²) >= 11 is 0. The van der Waals surface area contributed by atoms with Gasteiger partial charge in [-0.15, -0.1) is 0 Å². The standard InChI is InChI=1S/C11H22Si/c1-10-7-5-6-8-11(10)9-12(2,3)4/h11H,1,5-9H2,2-4H3/t11-/m1/s1. The van der Waals surface area contributed by atoms with Gasteiger partial charge in [0.2, 0.25) is 0 Å². The molecule has 1 saturated carbocycles. The van der Waals surface area contributed by atoms with E-state index in [1.165, 1.54) is 31.7 Å². The van der Waals surface area contributed by atoms with Gasteiger partial charge in [-0.05, 0) is 25.2 Å². The molecule has 0 aromatic rings. The Morgan fingerprint density at radius 2 is 2.00 bits per heavy atom. The maximum atomic E-state index is 4.20. The number of hydrogen-bond donors (Lipinski definition) is 0. The molecular formula is C11H22Si. The third kappa shape index (κ3) is 3.14. The Morgan fingerprint density at radius 3 is 2.50 bits per heavy atom. The Morgan fingerprint density at radius 1 is 1.33 bits per heavy atom. The molecule has 0 aliphatic heterocycles. The zero-order valence-electron chi connectivity index (χ0n) is 8.82. The van der Waals surface area contributed by atoms with Gasteiger partial charge in [0.15, 0.2) is 0 Å². The van der Waals surface area contributed by atoms with E-state index in [9.17, 15) is 0 Å². The highest BCUT2D eigenvalue weighted by atomic mass is 28.3. The Labute approximate surface area is 78.1 Å². The van der Waals surface area contributed by atoms with Crippen molar-refractivity contribution in [2.45, 2.75) is 51.4 Å². The van der Waals surface area contributed by atoms with Crippen LogP contribution in [-0.2, 0) is 0 Å². The molecule has 1 aliphatic carbocycles. The maximum Gasteiger partial charge on any atom is 0.0448 e. The molecule has 0 amide bonds. The third-order valence-corrected chi connectivity index (χ3v) is 4.45. The van der Waals surface area contributed by atoms with Gasteiger partial charge in [0.1, 0.15) is 0 Å². The summed E-state index contributed by atoms with van der Waals surface area (Å²) in [5, 5.41) is 0. The van der Waals surface area contributed by atoms with Crippen LogP contribution in [0.1, 0.15) is 25.7 Å². The van der Waals surface area contributed by atoms with Crippen LogP contribution < -0.4 is 0 Å². The molecule has 1 atom stereocenters. The van der Waals surface area contributed by atoms with Gasteiger partial charge in [-0.1, -0.05) is 44.3 Å². The Bertz CT molecular complexity index is 164. The van der Waals surface area contributed by atoms with Crippen molar-refractivity contribution in [3.05, 3.63) is 12.2 Å². The van der Waals surface area contributed by atoms with Crippen LogP contribution in [0, 0.1) is 5.92 Å². The van der Waals surface area contributed by atoms with Crippen molar-refractivity contribution in [1.82, 2.24) is 0 Å². The molecule has 0 aromatic carbocycles. The van der Waals surface area contributed by atoms with Crippen LogP contribution in [0.25, 0.3) is 0 Å². The molecule has 0 radical (unpaired) electrons. The van der Waals surface area contributed by atoms with E-state index < -0.39 is 8.07 Å². The first-order valence-electron chi connectivity index (χ1n) is 5.17. The fourth-order valence-corrected chi connectivity index (χ4v) is 4.11. The average molecular weight is 182 g/mol. The predicted molar refractivity (Wildman–Crippen MR) is 59.3 cm³/mol. The maximum absolute atomic E-state index is 4.20. The van der Waals surface area contributed by atoms with E-state index in [1.54, 1.807) is 5.57 Å². The van der Waals surface area contributed by atoms with Gasteiger partial charge >= 0.3 is 0 Å². The third-order valence-electron chi connectivity index (χ3n) is 2.74. The Hall–Kier alpha value is -0.0431. The molecule has 1 rings (SSSR count). The number of rotatable bonds is 2. The van der Waals surface area contributed by atoms with Crippen LogP contribution in [0.5, 0.6) is 0 Å². The molecule has 12 heavy (non-hydrogen) atoms. The summed E-state index contributed by atoms with van der Waals surface area (Å²) in [4.78, 5) is 0. The van der Waals surface area contributed by atoms with Crippen LogP contribution in [0.3, 0.4) is 0 Å². The summed E-state index contributed by atoms with van der Waals surface area (Å²) in [6.07, 6.45) is 5.55. The molecule has 1 fully saturated rings. The topological polar surface area (TPSA) is 0 Å². The van der Waals surface area contributed by atoms with Crippen LogP contribution in [0.15, 0.2) is 12.2 Å². The molecule has 70 valence electrons. The van der Waals surface area contributed by atoms with Crippen molar-refractivity contribution in [3.63, 3.8) is 0 Å². The van der Waals surface area contributed by atoms with Crippen molar-refractivity contribution >= 4 is 8.07 Å². The summed E-state index contributed by atoms with van der Waals surface area (Å²) < 4.78 is 0. The fraction of sp³-hybridized carbons (Fsp3) is 0.818. The lowest BCUT2D eigenvalue weighted by atomic mass is 9.87. The fourth-order valence-electron chi connectivity index (χ4n) is 2.14. The lowest BCUT2D eigenvalue weighted by molar-refractivity contribution is 0.481. The van der Waals surface area contributed by atoms with E-state index in [0.29, 0.717) is 0 Å². The van der Waals surface area contributed by atoms with E-state index >= 15 is 0 Å². The molecule has 0 heterocycles. The van der Waals surface area contributed by atoms with E-state index in [-0.39, 0.29) is 0 Å². The summed E-state index contributed by atoms with van der Waals surface area (Å²) in [5.41, 5.74) is 1.55. The normalized spacial score (nSPS) is 25.9. The first kappa shape index (κ1) is 10.0. The van der Waals surface area contributed by atoms with Crippen molar-refractivity contribution in [2.75, 3.05) is 0 Å². The van der Waals surface area contributed by atoms with Crippen molar-refractivity contribution < 1.29 is 0 Å². The summed E-state index contributed by atoms with van der Waals surface area (Å²) in [6.45, 7) is 11.6. The first-order valence-corrected chi connectivity index (χ1v) is 8.87. The zero-order chi connectivity index (χ0) is 9.19. The molecule has 0 bridgehead atoms. The predicted octanol–water partition coefficient (Wildman–Crippen LogP) is 4.07. The van der Waals surface area contributed by atoms with Crippen LogP contribution in [0.4, 0.5) is 0 Å². The summed E-state index contributed by atoms with van der Waals surface area (Å²) in [5.74, 6) is 0.880. The average Bonchev–Trinajstić information content (AvgIpc) is 1.91. The van der Waals surface area contributed by atoms with Crippen molar-refractivity contribution in [1.29, 1.82) is 0 Å². The van der Waals surface area contributed by atoms with Gasteiger partial charge in [-0.3, -0.25) is 0 Å². The van der Waals surface area contributed by atoms with Crippen LogP contribution in [0.2, 0.25) is 25.7 Å². The molecular weight excluding hydrogens is 160 g/mol. The number of allylic oxidation sites excluding steroid dienone is 1. The molecule has 0 aromatic heterocycles. The highest BCUT2D eigenvalue weighted by Crippen LogP contribution is 2.33. The minimum atomic E-state index is -0.847. The summed E-state index contributed by atoms with van der Waals surface area (Å²) in [7, 11) is -0.847. The van der Waals surface area contributed by atoms with Crippen LogP contribution in [-0.4, -0.2) is 8.07 Å². The van der Waals surface area contributed by atoms with Gasteiger partial charge < -0.3 is 0 Å². The highest BCUT2D eigenvalue weighted by molar-refractivity contribution is 6.76. The van der Waals surface area contributed by atoms with Crippen molar-refractivity contribution in [2.24, 2.45) is 5.92 Å². The van der Waals surface area contributed by atoms with E-state index in [4.69, 9.17) is 0 Å². The largest absolute Gasteiger partial charge is 0.0996 e. The second-order valence-corrected chi connectivity index (χ2v) is 10.9. The lowest BCUT2D eigenvalue weighted by Crippen LogP contribution is -2.25. The quantitative estimate of drug-likeness (QED) is 0.446. The SMILES string of the molecule is C=C1CCCC[C@@H]1C[Si](C)(C)C. The second kappa shape index (κ2) is 3.78. The van der Waals surface area contributed by atoms with Gasteiger partial charge in [0.05, 0.1) is 0 Å². The molecule has 1 aliphatic rings.